The normalized spacial score (nSPS) is 15.1. The standard InChI is InChI=1S/C25H22N4O4S/c1-4-17-5-7-20(8-6-17)28-24(31)22(23(30)26-25(28)34)14-18-13-15(2)27(16(18)3)19-9-11-21(12-10-19)29(32)33/h5-14H,4H2,1-3H3,(H,26,30,34)/b22-14-. The molecule has 1 aromatic heterocycles. The molecule has 172 valence electrons. The van der Waals surface area contributed by atoms with Crippen LogP contribution in [0.3, 0.4) is 0 Å². The molecule has 9 heteroatoms. The number of carbonyl (C=O) groups is 2. The predicted molar refractivity (Wildman–Crippen MR) is 134 cm³/mol. The van der Waals surface area contributed by atoms with Gasteiger partial charge in [0.05, 0.1) is 10.6 Å². The van der Waals surface area contributed by atoms with Crippen molar-refractivity contribution in [2.75, 3.05) is 4.90 Å². The van der Waals surface area contributed by atoms with E-state index in [0.717, 1.165) is 29.1 Å². The van der Waals surface area contributed by atoms with Crippen LogP contribution in [0.25, 0.3) is 11.8 Å². The molecule has 8 nitrogen and oxygen atoms in total. The second-order valence-corrected chi connectivity index (χ2v) is 8.30. The molecule has 0 unspecified atom stereocenters. The molecule has 1 saturated heterocycles. The SMILES string of the molecule is CCc1ccc(N2C(=O)/C(=C\c3cc(C)n(-c4ccc([N+](=O)[O-])cc4)c3C)C(=O)NC2=S)cc1. The van der Waals surface area contributed by atoms with Crippen molar-refractivity contribution < 1.29 is 14.5 Å². The van der Waals surface area contributed by atoms with Crippen LogP contribution in [0.1, 0.15) is 29.4 Å². The number of benzene rings is 2. The minimum absolute atomic E-state index is 0.000979. The van der Waals surface area contributed by atoms with E-state index in [4.69, 9.17) is 12.2 Å². The molecule has 2 heterocycles. The van der Waals surface area contributed by atoms with Gasteiger partial charge in [0.2, 0.25) is 0 Å². The molecule has 0 aliphatic carbocycles. The van der Waals surface area contributed by atoms with Gasteiger partial charge in [0, 0.05) is 29.2 Å². The number of nitrogens with one attached hydrogen (secondary N) is 1. The summed E-state index contributed by atoms with van der Waals surface area (Å²) in [6.07, 6.45) is 2.42. The van der Waals surface area contributed by atoms with Crippen LogP contribution in [-0.2, 0) is 16.0 Å². The number of thiocarbonyl (C=S) groups is 1. The third kappa shape index (κ3) is 4.13. The molecule has 2 aromatic carbocycles. The first-order chi connectivity index (χ1) is 16.2. The number of carbonyl (C=O) groups excluding carboxylic acids is 2. The molecule has 3 aromatic rings. The summed E-state index contributed by atoms with van der Waals surface area (Å²) in [6.45, 7) is 5.79. The van der Waals surface area contributed by atoms with Gasteiger partial charge in [0.15, 0.2) is 5.11 Å². The minimum atomic E-state index is -0.559. The number of rotatable bonds is 5. The number of hydrogen-bond donors (Lipinski definition) is 1. The van der Waals surface area contributed by atoms with E-state index in [1.54, 1.807) is 30.3 Å². The first-order valence-corrected chi connectivity index (χ1v) is 11.1. The van der Waals surface area contributed by atoms with E-state index in [-0.39, 0.29) is 16.4 Å². The molecule has 1 fully saturated rings. The molecule has 1 N–H and O–H groups in total. The molecule has 0 saturated carbocycles. The monoisotopic (exact) mass is 474 g/mol. The van der Waals surface area contributed by atoms with Crippen molar-refractivity contribution in [3.63, 3.8) is 0 Å². The van der Waals surface area contributed by atoms with Crippen LogP contribution < -0.4 is 10.2 Å². The van der Waals surface area contributed by atoms with Crippen LogP contribution in [0.2, 0.25) is 0 Å². The topological polar surface area (TPSA) is 97.5 Å². The van der Waals surface area contributed by atoms with Gasteiger partial charge in [0.1, 0.15) is 5.57 Å². The summed E-state index contributed by atoms with van der Waals surface area (Å²) >= 11 is 5.28. The number of aryl methyl sites for hydroxylation is 2. The highest BCUT2D eigenvalue weighted by molar-refractivity contribution is 7.80. The third-order valence-corrected chi connectivity index (χ3v) is 6.08. The van der Waals surface area contributed by atoms with Crippen LogP contribution >= 0.6 is 12.2 Å². The molecular weight excluding hydrogens is 452 g/mol. The van der Waals surface area contributed by atoms with Gasteiger partial charge < -0.3 is 4.57 Å². The van der Waals surface area contributed by atoms with Crippen molar-refractivity contribution in [2.45, 2.75) is 27.2 Å². The maximum Gasteiger partial charge on any atom is 0.270 e. The van der Waals surface area contributed by atoms with Gasteiger partial charge in [-0.3, -0.25) is 29.9 Å². The van der Waals surface area contributed by atoms with Crippen molar-refractivity contribution in [2.24, 2.45) is 0 Å². The van der Waals surface area contributed by atoms with Crippen molar-refractivity contribution >= 4 is 46.6 Å². The van der Waals surface area contributed by atoms with Crippen LogP contribution in [0.15, 0.2) is 60.2 Å². The zero-order chi connectivity index (χ0) is 24.6. The average molecular weight is 475 g/mol. The van der Waals surface area contributed by atoms with Gasteiger partial charge in [-0.1, -0.05) is 19.1 Å². The Balaban J connectivity index is 1.72. The van der Waals surface area contributed by atoms with Crippen molar-refractivity contribution in [1.29, 1.82) is 0 Å². The third-order valence-electron chi connectivity index (χ3n) is 5.79. The summed E-state index contributed by atoms with van der Waals surface area (Å²) < 4.78 is 1.91. The molecular formula is C25H22N4O4S. The second-order valence-electron chi connectivity index (χ2n) is 7.91. The van der Waals surface area contributed by atoms with Gasteiger partial charge in [0.25, 0.3) is 17.5 Å². The largest absolute Gasteiger partial charge is 0.318 e. The van der Waals surface area contributed by atoms with Gasteiger partial charge in [-0.25, -0.2) is 0 Å². The molecule has 0 radical (unpaired) electrons. The Kier molecular flexibility index (Phi) is 6.12. The summed E-state index contributed by atoms with van der Waals surface area (Å²) in [6, 6.07) is 15.5. The van der Waals surface area contributed by atoms with E-state index < -0.39 is 16.7 Å². The van der Waals surface area contributed by atoms with E-state index in [1.165, 1.54) is 17.0 Å². The molecule has 2 amide bonds. The van der Waals surface area contributed by atoms with Crippen molar-refractivity contribution in [1.82, 2.24) is 9.88 Å². The lowest BCUT2D eigenvalue weighted by molar-refractivity contribution is -0.384. The van der Waals surface area contributed by atoms with Crippen LogP contribution in [0.4, 0.5) is 11.4 Å². The van der Waals surface area contributed by atoms with Gasteiger partial charge in [-0.2, -0.15) is 0 Å². The number of nitrogens with zero attached hydrogens (tertiary/aromatic N) is 3. The van der Waals surface area contributed by atoms with Gasteiger partial charge >= 0.3 is 0 Å². The number of non-ortho nitro benzene ring substituents is 1. The maximum absolute atomic E-state index is 13.3. The number of anilines is 1. The summed E-state index contributed by atoms with van der Waals surface area (Å²) in [5.41, 5.74) is 4.73. The lowest BCUT2D eigenvalue weighted by Gasteiger charge is -2.29. The average Bonchev–Trinajstić information content (AvgIpc) is 3.09. The fourth-order valence-electron chi connectivity index (χ4n) is 3.98. The smallest absolute Gasteiger partial charge is 0.270 e. The van der Waals surface area contributed by atoms with Gasteiger partial charge in [-0.05, 0) is 80.0 Å². The Morgan fingerprint density at radius 2 is 1.65 bits per heavy atom. The van der Waals surface area contributed by atoms with E-state index in [1.807, 2.05) is 43.5 Å². The minimum Gasteiger partial charge on any atom is -0.318 e. The van der Waals surface area contributed by atoms with E-state index >= 15 is 0 Å². The summed E-state index contributed by atoms with van der Waals surface area (Å²) in [7, 11) is 0. The Labute approximate surface area is 201 Å². The molecule has 0 spiro atoms. The summed E-state index contributed by atoms with van der Waals surface area (Å²) in [5, 5.41) is 13.6. The molecule has 1 aliphatic rings. The second kappa shape index (κ2) is 9.03. The first-order valence-electron chi connectivity index (χ1n) is 10.7. The lowest BCUT2D eigenvalue weighted by Crippen LogP contribution is -2.54. The first kappa shape index (κ1) is 23.1. The summed E-state index contributed by atoms with van der Waals surface area (Å²) in [5.74, 6) is -1.06. The number of aromatic nitrogens is 1. The van der Waals surface area contributed by atoms with Crippen LogP contribution in [0.5, 0.6) is 0 Å². The van der Waals surface area contributed by atoms with Gasteiger partial charge in [-0.15, -0.1) is 0 Å². The molecule has 4 rings (SSSR count). The Hall–Kier alpha value is -4.11. The zero-order valence-corrected chi connectivity index (χ0v) is 19.7. The Bertz CT molecular complexity index is 1350. The summed E-state index contributed by atoms with van der Waals surface area (Å²) in [4.78, 5) is 37.8. The number of amides is 2. The Morgan fingerprint density at radius 1 is 1.03 bits per heavy atom. The van der Waals surface area contributed by atoms with Crippen LogP contribution in [0, 0.1) is 24.0 Å². The molecule has 34 heavy (non-hydrogen) atoms. The number of hydrogen-bond acceptors (Lipinski definition) is 5. The highest BCUT2D eigenvalue weighted by atomic mass is 32.1. The van der Waals surface area contributed by atoms with E-state index in [0.29, 0.717) is 11.3 Å². The molecule has 0 bridgehead atoms. The highest BCUT2D eigenvalue weighted by Crippen LogP contribution is 2.27. The van der Waals surface area contributed by atoms with Crippen molar-refractivity contribution in [3.8, 4) is 5.69 Å². The van der Waals surface area contributed by atoms with Crippen molar-refractivity contribution in [3.05, 3.63) is 92.8 Å². The fraction of sp³-hybridized carbons (Fsp3) is 0.160. The highest BCUT2D eigenvalue weighted by Gasteiger charge is 2.34. The zero-order valence-electron chi connectivity index (χ0n) is 18.9. The van der Waals surface area contributed by atoms with Crippen LogP contribution in [-0.4, -0.2) is 26.4 Å². The number of nitro groups is 1. The maximum atomic E-state index is 13.3. The molecule has 1 aliphatic heterocycles. The Morgan fingerprint density at radius 3 is 2.24 bits per heavy atom. The predicted octanol–water partition coefficient (Wildman–Crippen LogP) is 4.40. The lowest BCUT2D eigenvalue weighted by atomic mass is 10.1. The quantitative estimate of drug-likeness (QED) is 0.194. The molecule has 0 atom stereocenters. The number of nitro benzene ring substituents is 1. The fourth-order valence-corrected chi connectivity index (χ4v) is 4.26. The van der Waals surface area contributed by atoms with E-state index in [9.17, 15) is 19.7 Å². The van der Waals surface area contributed by atoms with E-state index in [2.05, 4.69) is 5.32 Å².